The van der Waals surface area contributed by atoms with Gasteiger partial charge in [0, 0.05) is 24.2 Å². The molecule has 0 bridgehead atoms. The molecule has 1 heterocycles. The summed E-state index contributed by atoms with van der Waals surface area (Å²) in [5.41, 5.74) is 3.64. The molecule has 1 aliphatic rings. The van der Waals surface area contributed by atoms with Crippen molar-refractivity contribution in [3.8, 4) is 0 Å². The molecule has 2 aromatic rings. The summed E-state index contributed by atoms with van der Waals surface area (Å²) >= 11 is 0. The Morgan fingerprint density at radius 3 is 2.56 bits per heavy atom. The zero-order chi connectivity index (χ0) is 19.4. The molecule has 0 radical (unpaired) electrons. The van der Waals surface area contributed by atoms with Gasteiger partial charge in [-0.15, -0.1) is 0 Å². The molecule has 1 saturated heterocycles. The van der Waals surface area contributed by atoms with Crippen LogP contribution in [0.5, 0.6) is 0 Å². The van der Waals surface area contributed by atoms with Gasteiger partial charge in [0.05, 0.1) is 5.56 Å². The molecule has 1 amide bonds. The number of carbonyl (C=O) groups excluding carboxylic acids is 2. The van der Waals surface area contributed by atoms with Crippen molar-refractivity contribution in [2.45, 2.75) is 26.7 Å². The van der Waals surface area contributed by atoms with Crippen molar-refractivity contribution in [3.05, 3.63) is 70.3 Å². The first-order valence-corrected chi connectivity index (χ1v) is 9.66. The summed E-state index contributed by atoms with van der Waals surface area (Å²) in [6.07, 6.45) is 2.14. The Balaban J connectivity index is 1.90. The van der Waals surface area contributed by atoms with E-state index in [1.165, 1.54) is 0 Å². The van der Waals surface area contributed by atoms with Gasteiger partial charge in [-0.2, -0.15) is 0 Å². The molecule has 3 rings (SSSR count). The fraction of sp³-hybridized carbons (Fsp3) is 0.391. The maximum atomic E-state index is 13.2. The normalized spacial score (nSPS) is 17.0. The van der Waals surface area contributed by atoms with Gasteiger partial charge in [0.25, 0.3) is 5.91 Å². The number of hydrogen-bond donors (Lipinski definition) is 1. The number of amides is 1. The van der Waals surface area contributed by atoms with Crippen LogP contribution in [-0.4, -0.2) is 43.3 Å². The molecule has 27 heavy (non-hydrogen) atoms. The number of benzene rings is 2. The number of nitrogens with one attached hydrogen (secondary N) is 1. The Kier molecular flexibility index (Phi) is 6.07. The minimum atomic E-state index is -0.0797. The van der Waals surface area contributed by atoms with Gasteiger partial charge in [-0.1, -0.05) is 35.9 Å². The summed E-state index contributed by atoms with van der Waals surface area (Å²) in [5.74, 6) is 0.351. The van der Waals surface area contributed by atoms with Crippen LogP contribution >= 0.6 is 0 Å². The van der Waals surface area contributed by atoms with Crippen molar-refractivity contribution in [2.75, 3.05) is 26.7 Å². The van der Waals surface area contributed by atoms with Crippen LogP contribution in [-0.2, 0) is 0 Å². The zero-order valence-electron chi connectivity index (χ0n) is 16.4. The number of aryl methyl sites for hydroxylation is 2. The summed E-state index contributed by atoms with van der Waals surface area (Å²) < 4.78 is 0. The fourth-order valence-corrected chi connectivity index (χ4v) is 3.87. The molecule has 4 heteroatoms. The quantitative estimate of drug-likeness (QED) is 0.825. The van der Waals surface area contributed by atoms with Crippen LogP contribution in [0.15, 0.2) is 42.5 Å². The number of nitrogens with zero attached hydrogens (tertiary/aromatic N) is 1. The molecule has 1 aliphatic heterocycles. The molecule has 2 aromatic carbocycles. The number of piperidine rings is 1. The first kappa shape index (κ1) is 19.3. The second kappa shape index (κ2) is 8.49. The fourth-order valence-electron chi connectivity index (χ4n) is 3.87. The van der Waals surface area contributed by atoms with Crippen molar-refractivity contribution in [2.24, 2.45) is 5.92 Å². The van der Waals surface area contributed by atoms with Gasteiger partial charge in [-0.3, -0.25) is 9.59 Å². The molecule has 1 atom stereocenters. The van der Waals surface area contributed by atoms with Crippen molar-refractivity contribution < 1.29 is 9.59 Å². The van der Waals surface area contributed by atoms with Crippen LogP contribution in [0.4, 0.5) is 0 Å². The molecule has 4 nitrogen and oxygen atoms in total. The highest BCUT2D eigenvalue weighted by Crippen LogP contribution is 2.23. The van der Waals surface area contributed by atoms with E-state index in [4.69, 9.17) is 0 Å². The second-order valence-corrected chi connectivity index (χ2v) is 7.51. The highest BCUT2D eigenvalue weighted by atomic mass is 16.2. The first-order chi connectivity index (χ1) is 13.0. The molecule has 0 aliphatic carbocycles. The van der Waals surface area contributed by atoms with E-state index < -0.39 is 0 Å². The van der Waals surface area contributed by atoms with E-state index in [9.17, 15) is 9.59 Å². The average molecular weight is 364 g/mol. The minimum absolute atomic E-state index is 0.0370. The van der Waals surface area contributed by atoms with Gasteiger partial charge in [0.2, 0.25) is 0 Å². The van der Waals surface area contributed by atoms with E-state index in [0.29, 0.717) is 22.6 Å². The van der Waals surface area contributed by atoms with Crippen molar-refractivity contribution in [1.82, 2.24) is 10.2 Å². The Hall–Kier alpha value is -2.46. The van der Waals surface area contributed by atoms with Crippen LogP contribution in [0.2, 0.25) is 0 Å². The Morgan fingerprint density at radius 1 is 1.07 bits per heavy atom. The van der Waals surface area contributed by atoms with Gasteiger partial charge in [-0.25, -0.2) is 0 Å². The minimum Gasteiger partial charge on any atom is -0.338 e. The number of hydrogen-bond acceptors (Lipinski definition) is 3. The largest absolute Gasteiger partial charge is 0.338 e. The highest BCUT2D eigenvalue weighted by molar-refractivity contribution is 6.16. The molecule has 142 valence electrons. The Morgan fingerprint density at radius 2 is 1.81 bits per heavy atom. The van der Waals surface area contributed by atoms with E-state index in [1.54, 1.807) is 12.1 Å². The summed E-state index contributed by atoms with van der Waals surface area (Å²) in [4.78, 5) is 28.3. The van der Waals surface area contributed by atoms with Gasteiger partial charge in [0.1, 0.15) is 0 Å². The van der Waals surface area contributed by atoms with E-state index in [1.807, 2.05) is 56.1 Å². The smallest absolute Gasteiger partial charge is 0.254 e. The van der Waals surface area contributed by atoms with Gasteiger partial charge in [-0.05, 0) is 63.9 Å². The van der Waals surface area contributed by atoms with Crippen LogP contribution in [0.1, 0.15) is 50.2 Å². The van der Waals surface area contributed by atoms with Crippen molar-refractivity contribution in [1.29, 1.82) is 0 Å². The van der Waals surface area contributed by atoms with Crippen LogP contribution < -0.4 is 5.32 Å². The van der Waals surface area contributed by atoms with E-state index >= 15 is 0 Å². The maximum absolute atomic E-state index is 13.2. The lowest BCUT2D eigenvalue weighted by Gasteiger charge is -2.33. The highest BCUT2D eigenvalue weighted by Gasteiger charge is 2.27. The van der Waals surface area contributed by atoms with Crippen LogP contribution in [0.3, 0.4) is 0 Å². The predicted molar refractivity (Wildman–Crippen MR) is 108 cm³/mol. The predicted octanol–water partition coefficient (Wildman–Crippen LogP) is 3.61. The Labute approximate surface area is 161 Å². The summed E-state index contributed by atoms with van der Waals surface area (Å²) in [7, 11) is 1.94. The molecule has 1 fully saturated rings. The lowest BCUT2D eigenvalue weighted by Crippen LogP contribution is -2.42. The van der Waals surface area contributed by atoms with E-state index in [-0.39, 0.29) is 11.7 Å². The molecular formula is C23H28N2O2. The molecule has 0 aromatic heterocycles. The summed E-state index contributed by atoms with van der Waals surface area (Å²) in [6, 6.07) is 13.1. The topological polar surface area (TPSA) is 49.4 Å². The third-order valence-electron chi connectivity index (χ3n) is 5.34. The molecular weight excluding hydrogens is 336 g/mol. The Bertz CT molecular complexity index is 842. The third kappa shape index (κ3) is 4.28. The first-order valence-electron chi connectivity index (χ1n) is 9.66. The van der Waals surface area contributed by atoms with Crippen molar-refractivity contribution in [3.63, 3.8) is 0 Å². The lowest BCUT2D eigenvalue weighted by atomic mass is 9.92. The molecule has 0 unspecified atom stereocenters. The average Bonchev–Trinajstić information content (AvgIpc) is 2.69. The SMILES string of the molecule is CNC[C@H]1CCCN(C(=O)c2ccccc2C(=O)c2cc(C)ccc2C)C1. The number of rotatable bonds is 5. The van der Waals surface area contributed by atoms with Crippen LogP contribution in [0.25, 0.3) is 0 Å². The molecule has 0 spiro atoms. The molecule has 0 saturated carbocycles. The number of likely N-dealkylation sites (tertiary alicyclic amines) is 1. The zero-order valence-corrected chi connectivity index (χ0v) is 16.4. The second-order valence-electron chi connectivity index (χ2n) is 7.51. The number of ketones is 1. The van der Waals surface area contributed by atoms with Crippen LogP contribution in [0, 0.1) is 19.8 Å². The van der Waals surface area contributed by atoms with Gasteiger partial charge < -0.3 is 10.2 Å². The lowest BCUT2D eigenvalue weighted by molar-refractivity contribution is 0.0671. The third-order valence-corrected chi connectivity index (χ3v) is 5.34. The molecule has 1 N–H and O–H groups in total. The number of carbonyl (C=O) groups is 2. The van der Waals surface area contributed by atoms with Gasteiger partial charge >= 0.3 is 0 Å². The maximum Gasteiger partial charge on any atom is 0.254 e. The van der Waals surface area contributed by atoms with Gasteiger partial charge in [0.15, 0.2) is 5.78 Å². The van der Waals surface area contributed by atoms with E-state index in [2.05, 4.69) is 5.32 Å². The standard InChI is InChI=1S/C23H28N2O2/c1-16-10-11-17(2)21(13-16)22(26)19-8-4-5-9-20(19)23(27)25-12-6-7-18(15-25)14-24-3/h4-5,8-11,13,18,24H,6-7,12,14-15H2,1-3H3/t18-/m1/s1. The summed E-state index contributed by atoms with van der Waals surface area (Å²) in [5, 5.41) is 3.21. The van der Waals surface area contributed by atoms with E-state index in [0.717, 1.165) is 43.6 Å². The monoisotopic (exact) mass is 364 g/mol. The van der Waals surface area contributed by atoms with Crippen molar-refractivity contribution >= 4 is 11.7 Å². The summed E-state index contributed by atoms with van der Waals surface area (Å²) in [6.45, 7) is 6.32.